The van der Waals surface area contributed by atoms with Crippen molar-refractivity contribution in [1.82, 2.24) is 25.1 Å². The van der Waals surface area contributed by atoms with Gasteiger partial charge in [-0.2, -0.15) is 5.10 Å². The van der Waals surface area contributed by atoms with Crippen molar-refractivity contribution in [2.75, 3.05) is 32.5 Å². The standard InChI is InChI=1S/C20H23ClN6/c1-22-20-23-10-7-16(24-20)17-18(13-3-5-15(21)6-4-13)25-26-19(17)14-8-11-27(2)12-9-14/h3-7,10,14H,8-9,11-12H2,1-2H3,(H,25,26)(H,22,23,24). The number of likely N-dealkylation sites (tertiary alicyclic amines) is 1. The summed E-state index contributed by atoms with van der Waals surface area (Å²) in [5, 5.41) is 11.7. The number of benzene rings is 1. The largest absolute Gasteiger partial charge is 0.357 e. The lowest BCUT2D eigenvalue weighted by atomic mass is 9.89. The van der Waals surface area contributed by atoms with E-state index in [1.807, 2.05) is 37.4 Å². The van der Waals surface area contributed by atoms with Gasteiger partial charge in [0.1, 0.15) is 5.69 Å². The van der Waals surface area contributed by atoms with Crippen LogP contribution in [0.15, 0.2) is 36.5 Å². The lowest BCUT2D eigenvalue weighted by Crippen LogP contribution is -2.29. The molecule has 3 aromatic rings. The van der Waals surface area contributed by atoms with E-state index in [9.17, 15) is 0 Å². The van der Waals surface area contributed by atoms with Crippen LogP contribution in [0.2, 0.25) is 5.02 Å². The fraction of sp³-hybridized carbons (Fsp3) is 0.350. The van der Waals surface area contributed by atoms with Crippen LogP contribution in [0, 0.1) is 0 Å². The number of aromatic amines is 1. The van der Waals surface area contributed by atoms with Crippen LogP contribution < -0.4 is 5.32 Å². The molecule has 3 heterocycles. The fourth-order valence-corrected chi connectivity index (χ4v) is 3.77. The average molecular weight is 383 g/mol. The molecule has 1 saturated heterocycles. The quantitative estimate of drug-likeness (QED) is 0.712. The maximum absolute atomic E-state index is 6.07. The van der Waals surface area contributed by atoms with Gasteiger partial charge >= 0.3 is 0 Å². The van der Waals surface area contributed by atoms with Crippen molar-refractivity contribution < 1.29 is 0 Å². The van der Waals surface area contributed by atoms with E-state index in [-0.39, 0.29) is 0 Å². The Morgan fingerprint density at radius 1 is 1.15 bits per heavy atom. The molecule has 0 bridgehead atoms. The first-order valence-corrected chi connectivity index (χ1v) is 9.57. The number of H-pyrrole nitrogens is 1. The summed E-state index contributed by atoms with van der Waals surface area (Å²) in [6.45, 7) is 2.18. The first-order chi connectivity index (χ1) is 13.2. The van der Waals surface area contributed by atoms with Crippen LogP contribution in [-0.4, -0.2) is 52.3 Å². The van der Waals surface area contributed by atoms with Gasteiger partial charge in [0.05, 0.1) is 5.69 Å². The molecule has 0 amide bonds. The minimum Gasteiger partial charge on any atom is -0.357 e. The smallest absolute Gasteiger partial charge is 0.222 e. The summed E-state index contributed by atoms with van der Waals surface area (Å²) in [7, 11) is 4.00. The Hall–Kier alpha value is -2.44. The summed E-state index contributed by atoms with van der Waals surface area (Å²) >= 11 is 6.07. The van der Waals surface area contributed by atoms with Crippen molar-refractivity contribution in [1.29, 1.82) is 0 Å². The highest BCUT2D eigenvalue weighted by Crippen LogP contribution is 2.39. The molecule has 0 aliphatic carbocycles. The summed E-state index contributed by atoms with van der Waals surface area (Å²) in [5.41, 5.74) is 5.03. The normalized spacial score (nSPS) is 15.8. The van der Waals surface area contributed by atoms with Crippen molar-refractivity contribution in [3.63, 3.8) is 0 Å². The second kappa shape index (κ2) is 7.66. The van der Waals surface area contributed by atoms with Gasteiger partial charge in [-0.1, -0.05) is 23.7 Å². The zero-order valence-electron chi connectivity index (χ0n) is 15.5. The topological polar surface area (TPSA) is 69.7 Å². The number of nitrogens with zero attached hydrogens (tertiary/aromatic N) is 4. The van der Waals surface area contributed by atoms with E-state index in [1.54, 1.807) is 6.20 Å². The molecule has 2 N–H and O–H groups in total. The molecule has 0 atom stereocenters. The van der Waals surface area contributed by atoms with E-state index < -0.39 is 0 Å². The molecule has 1 aromatic carbocycles. The molecular formula is C20H23ClN6. The Labute approximate surface area is 164 Å². The van der Waals surface area contributed by atoms with Gasteiger partial charge in [0, 0.05) is 41.0 Å². The van der Waals surface area contributed by atoms with Crippen LogP contribution in [-0.2, 0) is 0 Å². The molecule has 140 valence electrons. The van der Waals surface area contributed by atoms with Crippen molar-refractivity contribution in [3.8, 4) is 22.5 Å². The molecule has 2 aromatic heterocycles. The van der Waals surface area contributed by atoms with E-state index >= 15 is 0 Å². The number of piperidine rings is 1. The van der Waals surface area contributed by atoms with Gasteiger partial charge in [-0.15, -0.1) is 0 Å². The number of nitrogens with one attached hydrogen (secondary N) is 2. The maximum Gasteiger partial charge on any atom is 0.222 e. The third-order valence-corrected chi connectivity index (χ3v) is 5.43. The van der Waals surface area contributed by atoms with Gasteiger partial charge in [-0.3, -0.25) is 5.10 Å². The SMILES string of the molecule is CNc1nccc(-c2c(-c3ccc(Cl)cc3)n[nH]c2C2CCN(C)CC2)n1. The maximum atomic E-state index is 6.07. The summed E-state index contributed by atoms with van der Waals surface area (Å²) in [6, 6.07) is 9.73. The summed E-state index contributed by atoms with van der Waals surface area (Å²) < 4.78 is 0. The van der Waals surface area contributed by atoms with Crippen molar-refractivity contribution in [2.24, 2.45) is 0 Å². The van der Waals surface area contributed by atoms with E-state index in [2.05, 4.69) is 37.4 Å². The molecule has 1 fully saturated rings. The van der Waals surface area contributed by atoms with Gasteiger partial charge in [-0.25, -0.2) is 9.97 Å². The number of aromatic nitrogens is 4. The lowest BCUT2D eigenvalue weighted by molar-refractivity contribution is 0.253. The Morgan fingerprint density at radius 3 is 2.59 bits per heavy atom. The second-order valence-electron chi connectivity index (χ2n) is 6.96. The molecule has 7 heteroatoms. The average Bonchev–Trinajstić information content (AvgIpc) is 3.14. The Kier molecular flexibility index (Phi) is 5.09. The molecule has 27 heavy (non-hydrogen) atoms. The van der Waals surface area contributed by atoms with Crippen LogP contribution in [0.1, 0.15) is 24.5 Å². The minimum atomic E-state index is 0.442. The van der Waals surface area contributed by atoms with E-state index in [4.69, 9.17) is 11.6 Å². The monoisotopic (exact) mass is 382 g/mol. The zero-order valence-corrected chi connectivity index (χ0v) is 16.3. The summed E-state index contributed by atoms with van der Waals surface area (Å²) in [6.07, 6.45) is 4.00. The lowest BCUT2D eigenvalue weighted by Gasteiger charge is -2.28. The molecule has 1 aliphatic heterocycles. The highest BCUT2D eigenvalue weighted by Gasteiger charge is 2.27. The van der Waals surface area contributed by atoms with Crippen LogP contribution >= 0.6 is 11.6 Å². The molecule has 0 saturated carbocycles. The Morgan fingerprint density at radius 2 is 1.89 bits per heavy atom. The fourth-order valence-electron chi connectivity index (χ4n) is 3.64. The van der Waals surface area contributed by atoms with E-state index in [1.165, 1.54) is 0 Å². The molecule has 6 nitrogen and oxygen atoms in total. The predicted octanol–water partition coefficient (Wildman–Crippen LogP) is 4.04. The van der Waals surface area contributed by atoms with Gasteiger partial charge in [0.2, 0.25) is 5.95 Å². The summed E-state index contributed by atoms with van der Waals surface area (Å²) in [4.78, 5) is 11.3. The molecule has 0 spiro atoms. The van der Waals surface area contributed by atoms with E-state index in [0.29, 0.717) is 16.9 Å². The van der Waals surface area contributed by atoms with Gasteiger partial charge in [0.25, 0.3) is 0 Å². The van der Waals surface area contributed by atoms with Crippen molar-refractivity contribution in [2.45, 2.75) is 18.8 Å². The second-order valence-corrected chi connectivity index (χ2v) is 7.40. The first-order valence-electron chi connectivity index (χ1n) is 9.19. The van der Waals surface area contributed by atoms with Crippen molar-refractivity contribution in [3.05, 3.63) is 47.2 Å². The van der Waals surface area contributed by atoms with Gasteiger partial charge < -0.3 is 10.2 Å². The highest BCUT2D eigenvalue weighted by molar-refractivity contribution is 6.30. The highest BCUT2D eigenvalue weighted by atomic mass is 35.5. The van der Waals surface area contributed by atoms with Crippen LogP contribution in [0.4, 0.5) is 5.95 Å². The predicted molar refractivity (Wildman–Crippen MR) is 109 cm³/mol. The Bertz CT molecular complexity index is 912. The number of hydrogen-bond acceptors (Lipinski definition) is 5. The third kappa shape index (κ3) is 3.68. The van der Waals surface area contributed by atoms with Gasteiger partial charge in [-0.05, 0) is 51.2 Å². The van der Waals surface area contributed by atoms with Crippen LogP contribution in [0.5, 0.6) is 0 Å². The number of anilines is 1. The van der Waals surface area contributed by atoms with E-state index in [0.717, 1.165) is 54.1 Å². The molecule has 1 aliphatic rings. The molecule has 0 unspecified atom stereocenters. The number of halogens is 1. The van der Waals surface area contributed by atoms with Crippen LogP contribution in [0.25, 0.3) is 22.5 Å². The minimum absolute atomic E-state index is 0.442. The molecule has 4 rings (SSSR count). The Balaban J connectivity index is 1.83. The third-order valence-electron chi connectivity index (χ3n) is 5.17. The number of hydrogen-bond donors (Lipinski definition) is 2. The first kappa shape index (κ1) is 17.9. The molecule has 0 radical (unpaired) electrons. The summed E-state index contributed by atoms with van der Waals surface area (Å²) in [5.74, 6) is 1.04. The zero-order chi connectivity index (χ0) is 18.8. The van der Waals surface area contributed by atoms with Crippen LogP contribution in [0.3, 0.4) is 0 Å². The van der Waals surface area contributed by atoms with Gasteiger partial charge in [0.15, 0.2) is 0 Å². The molecular weight excluding hydrogens is 360 g/mol. The van der Waals surface area contributed by atoms with Crippen molar-refractivity contribution >= 4 is 17.5 Å². The number of rotatable bonds is 4.